The summed E-state index contributed by atoms with van der Waals surface area (Å²) >= 11 is 0. The summed E-state index contributed by atoms with van der Waals surface area (Å²) in [6, 6.07) is 15.3. The number of amides is 2. The lowest BCUT2D eigenvalue weighted by Crippen LogP contribution is -2.43. The Bertz CT molecular complexity index is 939. The normalized spacial score (nSPS) is 18.0. The summed E-state index contributed by atoms with van der Waals surface area (Å²) in [5.74, 6) is -0.279. The molecule has 1 N–H and O–H groups in total. The molecule has 1 unspecified atom stereocenters. The standard InChI is InChI=1S/C25H28N2O3/c28-23(20-12-11-18-6-4-7-19(18)16-20)13-14-24(29)27-15-5-8-21(17-27)25(30)26-22-9-2-1-3-10-22/h1-3,9-12,16,21H,4-8,13-15,17H2,(H,26,30). The third-order valence-corrected chi connectivity index (χ3v) is 6.17. The van der Waals surface area contributed by atoms with E-state index in [1.807, 2.05) is 42.5 Å². The zero-order valence-corrected chi connectivity index (χ0v) is 17.2. The topological polar surface area (TPSA) is 66.5 Å². The molecule has 0 aromatic heterocycles. The van der Waals surface area contributed by atoms with E-state index >= 15 is 0 Å². The van der Waals surface area contributed by atoms with Crippen LogP contribution >= 0.6 is 0 Å². The number of hydrogen-bond acceptors (Lipinski definition) is 3. The molecule has 30 heavy (non-hydrogen) atoms. The fourth-order valence-corrected chi connectivity index (χ4v) is 4.45. The van der Waals surface area contributed by atoms with Gasteiger partial charge < -0.3 is 10.2 Å². The molecular formula is C25H28N2O3. The van der Waals surface area contributed by atoms with Gasteiger partial charge >= 0.3 is 0 Å². The molecule has 1 aliphatic carbocycles. The van der Waals surface area contributed by atoms with E-state index in [2.05, 4.69) is 11.4 Å². The van der Waals surface area contributed by atoms with E-state index in [0.29, 0.717) is 18.7 Å². The third-order valence-electron chi connectivity index (χ3n) is 6.17. The van der Waals surface area contributed by atoms with Gasteiger partial charge in [-0.05, 0) is 61.4 Å². The fraction of sp³-hybridized carbons (Fsp3) is 0.400. The average molecular weight is 405 g/mol. The van der Waals surface area contributed by atoms with E-state index in [4.69, 9.17) is 0 Å². The number of nitrogens with zero attached hydrogens (tertiary/aromatic N) is 1. The van der Waals surface area contributed by atoms with Gasteiger partial charge in [-0.3, -0.25) is 14.4 Å². The number of rotatable bonds is 6. The van der Waals surface area contributed by atoms with Crippen molar-refractivity contribution in [3.8, 4) is 0 Å². The summed E-state index contributed by atoms with van der Waals surface area (Å²) in [7, 11) is 0. The monoisotopic (exact) mass is 404 g/mol. The summed E-state index contributed by atoms with van der Waals surface area (Å²) in [6.45, 7) is 1.07. The number of para-hydroxylation sites is 1. The lowest BCUT2D eigenvalue weighted by Gasteiger charge is -2.32. The van der Waals surface area contributed by atoms with Crippen LogP contribution in [0.25, 0.3) is 0 Å². The second kappa shape index (κ2) is 9.24. The highest BCUT2D eigenvalue weighted by Crippen LogP contribution is 2.24. The highest BCUT2D eigenvalue weighted by Gasteiger charge is 2.28. The number of fused-ring (bicyclic) bond motifs is 1. The van der Waals surface area contributed by atoms with Crippen LogP contribution in [0.5, 0.6) is 0 Å². The molecule has 2 aromatic carbocycles. The van der Waals surface area contributed by atoms with Crippen LogP contribution in [0.4, 0.5) is 5.69 Å². The summed E-state index contributed by atoms with van der Waals surface area (Å²) in [4.78, 5) is 39.6. The summed E-state index contributed by atoms with van der Waals surface area (Å²) < 4.78 is 0. The van der Waals surface area contributed by atoms with Crippen LogP contribution in [0.3, 0.4) is 0 Å². The second-order valence-corrected chi connectivity index (χ2v) is 8.29. The van der Waals surface area contributed by atoms with Gasteiger partial charge in [-0.25, -0.2) is 0 Å². The fourth-order valence-electron chi connectivity index (χ4n) is 4.45. The number of likely N-dealkylation sites (tertiary alicyclic amines) is 1. The number of piperidine rings is 1. The molecular weight excluding hydrogens is 376 g/mol. The molecule has 1 saturated heterocycles. The number of carbonyl (C=O) groups is 3. The smallest absolute Gasteiger partial charge is 0.229 e. The van der Waals surface area contributed by atoms with Crippen LogP contribution < -0.4 is 5.32 Å². The molecule has 2 aliphatic rings. The van der Waals surface area contributed by atoms with Gasteiger partial charge in [0.2, 0.25) is 11.8 Å². The van der Waals surface area contributed by atoms with Crippen molar-refractivity contribution in [2.24, 2.45) is 5.92 Å². The van der Waals surface area contributed by atoms with E-state index < -0.39 is 0 Å². The molecule has 5 heteroatoms. The number of carbonyl (C=O) groups excluding carboxylic acids is 3. The van der Waals surface area contributed by atoms with Crippen LogP contribution in [0.2, 0.25) is 0 Å². The first kappa shape index (κ1) is 20.3. The maximum atomic E-state index is 12.7. The number of aryl methyl sites for hydroxylation is 2. The number of hydrogen-bond donors (Lipinski definition) is 1. The Balaban J connectivity index is 1.29. The van der Waals surface area contributed by atoms with Gasteiger partial charge in [-0.2, -0.15) is 0 Å². The Morgan fingerprint density at radius 1 is 0.933 bits per heavy atom. The first-order valence-electron chi connectivity index (χ1n) is 10.9. The lowest BCUT2D eigenvalue weighted by molar-refractivity contribution is -0.134. The minimum Gasteiger partial charge on any atom is -0.342 e. The molecule has 2 amide bonds. The van der Waals surface area contributed by atoms with Crippen molar-refractivity contribution >= 4 is 23.3 Å². The summed E-state index contributed by atoms with van der Waals surface area (Å²) in [6.07, 6.45) is 5.27. The molecule has 0 radical (unpaired) electrons. The molecule has 1 atom stereocenters. The van der Waals surface area contributed by atoms with Crippen molar-refractivity contribution < 1.29 is 14.4 Å². The number of nitrogens with one attached hydrogen (secondary N) is 1. The average Bonchev–Trinajstić information content (AvgIpc) is 3.26. The zero-order valence-electron chi connectivity index (χ0n) is 17.2. The van der Waals surface area contributed by atoms with Gasteiger partial charge in [0.15, 0.2) is 5.78 Å². The maximum Gasteiger partial charge on any atom is 0.229 e. The van der Waals surface area contributed by atoms with Crippen molar-refractivity contribution in [2.75, 3.05) is 18.4 Å². The van der Waals surface area contributed by atoms with E-state index in [-0.39, 0.29) is 36.4 Å². The Kier molecular flexibility index (Phi) is 6.26. The van der Waals surface area contributed by atoms with Crippen LogP contribution in [-0.2, 0) is 22.4 Å². The van der Waals surface area contributed by atoms with Crippen molar-refractivity contribution in [2.45, 2.75) is 44.9 Å². The predicted octanol–water partition coefficient (Wildman–Crippen LogP) is 4.02. The number of ketones is 1. The van der Waals surface area contributed by atoms with Gasteiger partial charge in [0.1, 0.15) is 0 Å². The largest absolute Gasteiger partial charge is 0.342 e. The van der Waals surface area contributed by atoms with E-state index in [0.717, 1.165) is 37.8 Å². The van der Waals surface area contributed by atoms with Gasteiger partial charge in [-0.1, -0.05) is 30.3 Å². The number of Topliss-reactive ketones (excluding diaryl/α,β-unsaturated/α-hetero) is 1. The molecule has 5 nitrogen and oxygen atoms in total. The highest BCUT2D eigenvalue weighted by atomic mass is 16.2. The van der Waals surface area contributed by atoms with Crippen molar-refractivity contribution in [1.82, 2.24) is 4.90 Å². The second-order valence-electron chi connectivity index (χ2n) is 8.29. The van der Waals surface area contributed by atoms with Gasteiger partial charge in [-0.15, -0.1) is 0 Å². The number of anilines is 1. The van der Waals surface area contributed by atoms with E-state index in [1.165, 1.54) is 11.1 Å². The quantitative estimate of drug-likeness (QED) is 0.740. The van der Waals surface area contributed by atoms with Crippen LogP contribution in [0.15, 0.2) is 48.5 Å². The molecule has 1 heterocycles. The Labute approximate surface area is 177 Å². The predicted molar refractivity (Wildman–Crippen MR) is 116 cm³/mol. The van der Waals surface area contributed by atoms with Crippen molar-refractivity contribution in [1.29, 1.82) is 0 Å². The Hall–Kier alpha value is -2.95. The molecule has 2 aromatic rings. The van der Waals surface area contributed by atoms with Gasteiger partial charge in [0.05, 0.1) is 5.92 Å². The van der Waals surface area contributed by atoms with E-state index in [9.17, 15) is 14.4 Å². The van der Waals surface area contributed by atoms with Crippen molar-refractivity contribution in [3.05, 3.63) is 65.2 Å². The minimum atomic E-state index is -0.213. The first-order valence-corrected chi connectivity index (χ1v) is 10.9. The molecule has 0 bridgehead atoms. The first-order chi connectivity index (χ1) is 14.6. The Morgan fingerprint density at radius 2 is 1.73 bits per heavy atom. The minimum absolute atomic E-state index is 0.0217. The molecule has 0 saturated carbocycles. The van der Waals surface area contributed by atoms with Crippen LogP contribution in [0.1, 0.15) is 53.6 Å². The summed E-state index contributed by atoms with van der Waals surface area (Å²) in [5, 5.41) is 2.93. The molecule has 156 valence electrons. The Morgan fingerprint density at radius 3 is 2.57 bits per heavy atom. The molecule has 0 spiro atoms. The molecule has 4 rings (SSSR count). The lowest BCUT2D eigenvalue weighted by atomic mass is 9.96. The molecule has 1 fully saturated rings. The summed E-state index contributed by atoms with van der Waals surface area (Å²) in [5.41, 5.74) is 4.10. The highest BCUT2D eigenvalue weighted by molar-refractivity contribution is 5.98. The van der Waals surface area contributed by atoms with Crippen LogP contribution in [0, 0.1) is 5.92 Å². The van der Waals surface area contributed by atoms with Gasteiger partial charge in [0.25, 0.3) is 0 Å². The SMILES string of the molecule is O=C(CCC(=O)N1CCCC(C(=O)Nc2ccccc2)C1)c1ccc2c(c1)CCC2. The molecule has 1 aliphatic heterocycles. The van der Waals surface area contributed by atoms with E-state index in [1.54, 1.807) is 4.90 Å². The van der Waals surface area contributed by atoms with Crippen molar-refractivity contribution in [3.63, 3.8) is 0 Å². The number of benzene rings is 2. The third kappa shape index (κ3) is 4.78. The zero-order chi connectivity index (χ0) is 20.9. The maximum absolute atomic E-state index is 12.7. The van der Waals surface area contributed by atoms with Gasteiger partial charge in [0, 0.05) is 37.2 Å². The van der Waals surface area contributed by atoms with Crippen LogP contribution in [-0.4, -0.2) is 35.6 Å².